The second-order valence-electron chi connectivity index (χ2n) is 21.2. The smallest absolute Gasteiger partial charge is 0.136 e. The van der Waals surface area contributed by atoms with Gasteiger partial charge in [0.1, 0.15) is 11.2 Å². The van der Waals surface area contributed by atoms with Gasteiger partial charge in [-0.15, -0.1) is 0 Å². The molecule has 0 unspecified atom stereocenters. The van der Waals surface area contributed by atoms with Crippen LogP contribution in [0.4, 0.5) is 17.1 Å². The van der Waals surface area contributed by atoms with Gasteiger partial charge in [0.2, 0.25) is 0 Å². The standard InChI is InChI=1S/C62H57NO/c1-38-33-39(2)58-52(34-38)51-35-42(24-32-54(51)62(58,59(3,4)5)60(6,7)8)40-19-25-44(26-20-40)63(46-29-31-48-47-15-11-13-17-53(47)61(9,10)55(48)37-46)45-27-21-41(22-28-45)43-23-30-50-49-16-12-14-18-56(49)64-57(50)36-43/h11-37H,1-10H3. The van der Waals surface area contributed by atoms with Gasteiger partial charge >= 0.3 is 0 Å². The van der Waals surface area contributed by atoms with Crippen molar-refractivity contribution < 1.29 is 4.42 Å². The maximum Gasteiger partial charge on any atom is 0.136 e. The first kappa shape index (κ1) is 40.2. The highest BCUT2D eigenvalue weighted by molar-refractivity contribution is 6.06. The molecule has 2 aliphatic carbocycles. The van der Waals surface area contributed by atoms with Gasteiger partial charge in [0, 0.05) is 38.7 Å². The molecular formula is C62H57NO. The molecule has 8 aromatic carbocycles. The van der Waals surface area contributed by atoms with Gasteiger partial charge in [0.05, 0.1) is 0 Å². The topological polar surface area (TPSA) is 16.4 Å². The first-order valence-corrected chi connectivity index (χ1v) is 23.0. The summed E-state index contributed by atoms with van der Waals surface area (Å²) in [6.45, 7) is 23.9. The third kappa shape index (κ3) is 5.77. The summed E-state index contributed by atoms with van der Waals surface area (Å²) in [4.78, 5) is 2.42. The van der Waals surface area contributed by atoms with Crippen molar-refractivity contribution in [2.75, 3.05) is 4.90 Å². The Hall–Kier alpha value is -6.64. The molecule has 0 amide bonds. The second kappa shape index (κ2) is 13.9. The summed E-state index contributed by atoms with van der Waals surface area (Å²) in [6, 6.07) is 61.1. The van der Waals surface area contributed by atoms with E-state index in [1.165, 1.54) is 66.8 Å². The fourth-order valence-corrected chi connectivity index (χ4v) is 12.6. The zero-order valence-corrected chi connectivity index (χ0v) is 38.9. The number of benzene rings is 8. The maximum absolute atomic E-state index is 6.28. The molecule has 0 N–H and O–H groups in total. The summed E-state index contributed by atoms with van der Waals surface area (Å²) < 4.78 is 6.28. The molecule has 0 saturated carbocycles. The molecule has 2 heteroatoms. The fraction of sp³-hybridized carbons (Fsp3) is 0.226. The molecule has 64 heavy (non-hydrogen) atoms. The lowest BCUT2D eigenvalue weighted by Crippen LogP contribution is -2.50. The Bertz CT molecular complexity index is 3310. The lowest BCUT2D eigenvalue weighted by atomic mass is 9.49. The highest BCUT2D eigenvalue weighted by atomic mass is 16.3. The van der Waals surface area contributed by atoms with Crippen LogP contribution in [-0.2, 0) is 10.8 Å². The number of hydrogen-bond donors (Lipinski definition) is 0. The van der Waals surface area contributed by atoms with Crippen LogP contribution in [0.2, 0.25) is 0 Å². The van der Waals surface area contributed by atoms with Gasteiger partial charge < -0.3 is 9.32 Å². The zero-order valence-electron chi connectivity index (χ0n) is 38.9. The molecule has 1 aromatic heterocycles. The van der Waals surface area contributed by atoms with Crippen molar-refractivity contribution in [3.63, 3.8) is 0 Å². The van der Waals surface area contributed by atoms with Crippen LogP contribution in [0, 0.1) is 24.7 Å². The van der Waals surface area contributed by atoms with Crippen molar-refractivity contribution in [3.05, 3.63) is 197 Å². The monoisotopic (exact) mass is 831 g/mol. The number of rotatable bonds is 5. The minimum atomic E-state index is -0.146. The Morgan fingerprint density at radius 2 is 0.984 bits per heavy atom. The number of fused-ring (bicyclic) bond motifs is 9. The number of hydrogen-bond acceptors (Lipinski definition) is 2. The third-order valence-electron chi connectivity index (χ3n) is 14.9. The Morgan fingerprint density at radius 1 is 0.422 bits per heavy atom. The molecule has 11 rings (SSSR count). The van der Waals surface area contributed by atoms with E-state index in [1.807, 2.05) is 12.1 Å². The van der Waals surface area contributed by atoms with E-state index in [1.54, 1.807) is 0 Å². The van der Waals surface area contributed by atoms with Gasteiger partial charge in [0.25, 0.3) is 0 Å². The number of nitrogens with zero attached hydrogens (tertiary/aromatic N) is 1. The molecule has 316 valence electrons. The number of aryl methyl sites for hydroxylation is 2. The van der Waals surface area contributed by atoms with Crippen LogP contribution in [0.15, 0.2) is 168 Å². The third-order valence-corrected chi connectivity index (χ3v) is 14.9. The SMILES string of the molecule is Cc1cc(C)c2c(c1)-c1cc(-c3ccc(N(c4ccc(-c5ccc6c(c5)oc5ccccc56)cc4)c4ccc5c(c4)C(C)(C)c4ccccc4-5)cc3)ccc1C2(C(C)(C)C)C(C)(C)C. The predicted octanol–water partition coefficient (Wildman–Crippen LogP) is 17.7. The van der Waals surface area contributed by atoms with Gasteiger partial charge in [-0.25, -0.2) is 0 Å². The van der Waals surface area contributed by atoms with Crippen molar-refractivity contribution in [3.8, 4) is 44.5 Å². The Balaban J connectivity index is 1.01. The minimum absolute atomic E-state index is 0.00617. The van der Waals surface area contributed by atoms with E-state index in [-0.39, 0.29) is 21.7 Å². The largest absolute Gasteiger partial charge is 0.456 e. The lowest BCUT2D eigenvalue weighted by molar-refractivity contribution is 0.0944. The van der Waals surface area contributed by atoms with Gasteiger partial charge in [-0.05, 0) is 158 Å². The molecule has 0 fully saturated rings. The van der Waals surface area contributed by atoms with E-state index >= 15 is 0 Å². The average molecular weight is 832 g/mol. The van der Waals surface area contributed by atoms with Gasteiger partial charge in [0.15, 0.2) is 0 Å². The second-order valence-corrected chi connectivity index (χ2v) is 21.2. The van der Waals surface area contributed by atoms with Crippen LogP contribution >= 0.6 is 0 Å². The molecule has 0 aliphatic heterocycles. The van der Waals surface area contributed by atoms with Crippen molar-refractivity contribution in [2.24, 2.45) is 10.8 Å². The summed E-state index contributed by atoms with van der Waals surface area (Å²) in [5, 5.41) is 2.29. The van der Waals surface area contributed by atoms with Crippen LogP contribution in [0.25, 0.3) is 66.4 Å². The van der Waals surface area contributed by atoms with Crippen LogP contribution in [0.5, 0.6) is 0 Å². The Kier molecular flexibility index (Phi) is 8.74. The van der Waals surface area contributed by atoms with Gasteiger partial charge in [-0.3, -0.25) is 0 Å². The Labute approximate surface area is 379 Å². The summed E-state index contributed by atoms with van der Waals surface area (Å²) in [6.07, 6.45) is 0. The molecule has 0 atom stereocenters. The molecule has 0 bridgehead atoms. The molecule has 1 heterocycles. The van der Waals surface area contributed by atoms with E-state index in [2.05, 4.69) is 226 Å². The molecule has 0 spiro atoms. The van der Waals surface area contributed by atoms with Crippen LogP contribution < -0.4 is 4.90 Å². The number of anilines is 3. The zero-order chi connectivity index (χ0) is 44.5. The Morgan fingerprint density at radius 3 is 1.67 bits per heavy atom. The normalized spacial score (nSPS) is 14.7. The van der Waals surface area contributed by atoms with E-state index in [9.17, 15) is 0 Å². The number of furan rings is 1. The van der Waals surface area contributed by atoms with Crippen molar-refractivity contribution >= 4 is 39.0 Å². The highest BCUT2D eigenvalue weighted by Gasteiger charge is 2.58. The molecule has 0 radical (unpaired) electrons. The first-order valence-electron chi connectivity index (χ1n) is 23.0. The average Bonchev–Trinajstić information content (AvgIpc) is 3.88. The van der Waals surface area contributed by atoms with Gasteiger partial charge in [-0.2, -0.15) is 0 Å². The quantitative estimate of drug-likeness (QED) is 0.172. The summed E-state index contributed by atoms with van der Waals surface area (Å²) >= 11 is 0. The van der Waals surface area contributed by atoms with Crippen molar-refractivity contribution in [2.45, 2.75) is 80.1 Å². The predicted molar refractivity (Wildman–Crippen MR) is 271 cm³/mol. The minimum Gasteiger partial charge on any atom is -0.456 e. The van der Waals surface area contributed by atoms with Crippen molar-refractivity contribution in [1.82, 2.24) is 0 Å². The van der Waals surface area contributed by atoms with E-state index in [0.29, 0.717) is 0 Å². The fourth-order valence-electron chi connectivity index (χ4n) is 12.6. The summed E-state index contributed by atoms with van der Waals surface area (Å²) in [5.41, 5.74) is 23.5. The summed E-state index contributed by atoms with van der Waals surface area (Å²) in [7, 11) is 0. The molecule has 2 aliphatic rings. The van der Waals surface area contributed by atoms with E-state index in [0.717, 1.165) is 50.1 Å². The molecule has 2 nitrogen and oxygen atoms in total. The van der Waals surface area contributed by atoms with Gasteiger partial charge in [-0.1, -0.05) is 164 Å². The van der Waals surface area contributed by atoms with E-state index < -0.39 is 0 Å². The first-order chi connectivity index (χ1) is 30.6. The summed E-state index contributed by atoms with van der Waals surface area (Å²) in [5.74, 6) is 0. The van der Waals surface area contributed by atoms with Crippen LogP contribution in [0.3, 0.4) is 0 Å². The van der Waals surface area contributed by atoms with Crippen molar-refractivity contribution in [1.29, 1.82) is 0 Å². The molecular weight excluding hydrogens is 775 g/mol. The lowest BCUT2D eigenvalue weighted by Gasteiger charge is -2.53. The molecule has 0 saturated heterocycles. The number of para-hydroxylation sites is 1. The highest BCUT2D eigenvalue weighted by Crippen LogP contribution is 2.66. The van der Waals surface area contributed by atoms with Crippen LogP contribution in [-0.4, -0.2) is 0 Å². The molecule has 9 aromatic rings. The maximum atomic E-state index is 6.28. The van der Waals surface area contributed by atoms with Crippen LogP contribution in [0.1, 0.15) is 88.8 Å². The van der Waals surface area contributed by atoms with E-state index in [4.69, 9.17) is 4.42 Å².